The molecule has 3 aromatic rings. The molecule has 0 aliphatic heterocycles. The monoisotopic (exact) mass is 313 g/mol. The number of hydrogen-bond donors (Lipinski definition) is 1. The second-order valence-electron chi connectivity index (χ2n) is 4.58. The number of imidazole rings is 1. The van der Waals surface area contributed by atoms with Gasteiger partial charge in [-0.15, -0.1) is 0 Å². The molecule has 0 radical (unpaired) electrons. The molecule has 1 aromatic carbocycles. The van der Waals surface area contributed by atoms with Crippen LogP contribution in [-0.4, -0.2) is 25.4 Å². The number of nitrogens with zero attached hydrogens (tertiary/aromatic N) is 4. The van der Waals surface area contributed by atoms with E-state index in [-0.39, 0.29) is 12.3 Å². The van der Waals surface area contributed by atoms with Gasteiger partial charge >= 0.3 is 0 Å². The van der Waals surface area contributed by atoms with E-state index in [2.05, 4.69) is 20.3 Å². The van der Waals surface area contributed by atoms with E-state index in [1.165, 1.54) is 6.33 Å². The summed E-state index contributed by atoms with van der Waals surface area (Å²) in [7, 11) is 0. The summed E-state index contributed by atoms with van der Waals surface area (Å²) in [6, 6.07) is 8.83. The summed E-state index contributed by atoms with van der Waals surface area (Å²) in [4.78, 5) is 24.2. The maximum atomic E-state index is 12.0. The number of nitrogens with one attached hydrogen (secondary N) is 1. The molecule has 2 heterocycles. The highest BCUT2D eigenvalue weighted by Gasteiger charge is 2.07. The maximum absolute atomic E-state index is 12.0. The lowest BCUT2D eigenvalue weighted by molar-refractivity contribution is -0.115. The Morgan fingerprint density at radius 2 is 2.05 bits per heavy atom. The van der Waals surface area contributed by atoms with Crippen LogP contribution in [0.2, 0.25) is 5.02 Å². The standard InChI is InChI=1S/C15H12ClN5O/c16-12-3-1-11(2-4-12)7-15(22)20-13-8-14(19-9-18-13)21-6-5-17-10-21/h1-6,8-10H,7H2,(H,18,19,20,22). The highest BCUT2D eigenvalue weighted by Crippen LogP contribution is 2.12. The number of hydrogen-bond acceptors (Lipinski definition) is 4. The number of anilines is 1. The minimum atomic E-state index is -0.155. The van der Waals surface area contributed by atoms with Gasteiger partial charge in [0, 0.05) is 23.5 Å². The molecule has 22 heavy (non-hydrogen) atoms. The highest BCUT2D eigenvalue weighted by atomic mass is 35.5. The zero-order valence-corrected chi connectivity index (χ0v) is 12.2. The average molecular weight is 314 g/mol. The second kappa shape index (κ2) is 6.36. The van der Waals surface area contributed by atoms with Crippen molar-refractivity contribution in [2.24, 2.45) is 0 Å². The Labute approximate surface area is 131 Å². The molecule has 0 unspecified atom stereocenters. The van der Waals surface area contributed by atoms with E-state index >= 15 is 0 Å². The summed E-state index contributed by atoms with van der Waals surface area (Å²) in [5.41, 5.74) is 0.880. The first-order valence-corrected chi connectivity index (χ1v) is 6.93. The predicted molar refractivity (Wildman–Crippen MR) is 82.9 cm³/mol. The lowest BCUT2D eigenvalue weighted by Crippen LogP contribution is -2.15. The summed E-state index contributed by atoms with van der Waals surface area (Å²) >= 11 is 5.82. The summed E-state index contributed by atoms with van der Waals surface area (Å²) in [6.07, 6.45) is 6.69. The van der Waals surface area contributed by atoms with Crippen molar-refractivity contribution >= 4 is 23.3 Å². The number of amides is 1. The molecule has 110 valence electrons. The topological polar surface area (TPSA) is 72.7 Å². The fraction of sp³-hybridized carbons (Fsp3) is 0.0667. The van der Waals surface area contributed by atoms with Crippen LogP contribution in [0, 0.1) is 0 Å². The van der Waals surface area contributed by atoms with E-state index in [0.29, 0.717) is 16.7 Å². The summed E-state index contributed by atoms with van der Waals surface area (Å²) in [5.74, 6) is 0.921. The average Bonchev–Trinajstić information content (AvgIpc) is 3.04. The van der Waals surface area contributed by atoms with E-state index in [9.17, 15) is 4.79 Å². The van der Waals surface area contributed by atoms with Gasteiger partial charge in [0.2, 0.25) is 5.91 Å². The molecule has 1 N–H and O–H groups in total. The van der Waals surface area contributed by atoms with Crippen LogP contribution in [0.3, 0.4) is 0 Å². The van der Waals surface area contributed by atoms with Crippen LogP contribution in [0.4, 0.5) is 5.82 Å². The van der Waals surface area contributed by atoms with Crippen molar-refractivity contribution in [3.8, 4) is 5.82 Å². The largest absolute Gasteiger partial charge is 0.310 e. The van der Waals surface area contributed by atoms with Crippen molar-refractivity contribution in [2.45, 2.75) is 6.42 Å². The van der Waals surface area contributed by atoms with Gasteiger partial charge in [0.15, 0.2) is 0 Å². The number of halogens is 1. The number of carbonyl (C=O) groups is 1. The van der Waals surface area contributed by atoms with Gasteiger partial charge < -0.3 is 5.32 Å². The third kappa shape index (κ3) is 3.48. The van der Waals surface area contributed by atoms with Crippen molar-refractivity contribution in [2.75, 3.05) is 5.32 Å². The van der Waals surface area contributed by atoms with Crippen LogP contribution >= 0.6 is 11.6 Å². The highest BCUT2D eigenvalue weighted by molar-refractivity contribution is 6.30. The second-order valence-corrected chi connectivity index (χ2v) is 5.02. The zero-order valence-electron chi connectivity index (χ0n) is 11.5. The third-order valence-electron chi connectivity index (χ3n) is 2.97. The van der Waals surface area contributed by atoms with E-state index in [0.717, 1.165) is 5.56 Å². The Morgan fingerprint density at radius 1 is 1.23 bits per heavy atom. The summed E-state index contributed by atoms with van der Waals surface area (Å²) < 4.78 is 1.73. The quantitative estimate of drug-likeness (QED) is 0.803. The van der Waals surface area contributed by atoms with Gasteiger partial charge in [0.25, 0.3) is 0 Å². The first-order chi connectivity index (χ1) is 10.7. The fourth-order valence-corrected chi connectivity index (χ4v) is 2.05. The van der Waals surface area contributed by atoms with Crippen LogP contribution < -0.4 is 5.32 Å². The van der Waals surface area contributed by atoms with E-state index in [4.69, 9.17) is 11.6 Å². The van der Waals surface area contributed by atoms with Crippen molar-refractivity contribution in [3.63, 3.8) is 0 Å². The molecule has 0 fully saturated rings. The van der Waals surface area contributed by atoms with Crippen molar-refractivity contribution in [1.29, 1.82) is 0 Å². The van der Waals surface area contributed by atoms with Crippen molar-refractivity contribution < 1.29 is 4.79 Å². The van der Waals surface area contributed by atoms with Crippen LogP contribution in [0.25, 0.3) is 5.82 Å². The van der Waals surface area contributed by atoms with Gasteiger partial charge in [-0.2, -0.15) is 0 Å². The Hall–Kier alpha value is -2.73. The van der Waals surface area contributed by atoms with Crippen LogP contribution in [0.5, 0.6) is 0 Å². The molecule has 6 nitrogen and oxygen atoms in total. The molecule has 3 rings (SSSR count). The van der Waals surface area contributed by atoms with Gasteiger partial charge in [0.1, 0.15) is 24.3 Å². The van der Waals surface area contributed by atoms with Crippen molar-refractivity contribution in [3.05, 3.63) is 66.0 Å². The lowest BCUT2D eigenvalue weighted by atomic mass is 10.1. The molecule has 0 saturated carbocycles. The molecule has 0 aliphatic rings. The smallest absolute Gasteiger partial charge is 0.229 e. The first kappa shape index (κ1) is 14.2. The molecule has 0 bridgehead atoms. The SMILES string of the molecule is O=C(Cc1ccc(Cl)cc1)Nc1cc(-n2ccnc2)ncn1. The minimum Gasteiger partial charge on any atom is -0.310 e. The molecule has 7 heteroatoms. The van der Waals surface area contributed by atoms with Gasteiger partial charge in [0.05, 0.1) is 6.42 Å². The Kier molecular flexibility index (Phi) is 4.11. The zero-order chi connectivity index (χ0) is 15.4. The lowest BCUT2D eigenvalue weighted by Gasteiger charge is -2.06. The van der Waals surface area contributed by atoms with Crippen molar-refractivity contribution in [1.82, 2.24) is 19.5 Å². The van der Waals surface area contributed by atoms with Gasteiger partial charge in [-0.1, -0.05) is 23.7 Å². The fourth-order valence-electron chi connectivity index (χ4n) is 1.93. The maximum Gasteiger partial charge on any atom is 0.229 e. The third-order valence-corrected chi connectivity index (χ3v) is 3.22. The van der Waals surface area contributed by atoms with Crippen LogP contribution in [0.15, 0.2) is 55.4 Å². The molecule has 0 atom stereocenters. The first-order valence-electron chi connectivity index (χ1n) is 6.55. The van der Waals surface area contributed by atoms with Gasteiger partial charge in [-0.25, -0.2) is 15.0 Å². The molecule has 0 aliphatic carbocycles. The summed E-state index contributed by atoms with van der Waals surface area (Å²) in [5, 5.41) is 3.39. The normalized spacial score (nSPS) is 10.4. The predicted octanol–water partition coefficient (Wildman–Crippen LogP) is 2.50. The van der Waals surface area contributed by atoms with Crippen LogP contribution in [0.1, 0.15) is 5.56 Å². The molecule has 2 aromatic heterocycles. The Morgan fingerprint density at radius 3 is 2.77 bits per heavy atom. The molecule has 1 amide bonds. The number of carbonyl (C=O) groups excluding carboxylic acids is 1. The Balaban J connectivity index is 1.69. The van der Waals surface area contributed by atoms with Gasteiger partial charge in [-0.05, 0) is 17.7 Å². The van der Waals surface area contributed by atoms with E-state index in [1.807, 2.05) is 12.1 Å². The number of aromatic nitrogens is 4. The van der Waals surface area contributed by atoms with E-state index < -0.39 is 0 Å². The Bertz CT molecular complexity index is 771. The summed E-state index contributed by atoms with van der Waals surface area (Å²) in [6.45, 7) is 0. The van der Waals surface area contributed by atoms with Crippen LogP contribution in [-0.2, 0) is 11.2 Å². The molecular weight excluding hydrogens is 302 g/mol. The molecule has 0 saturated heterocycles. The number of rotatable bonds is 4. The molecular formula is C15H12ClN5O. The number of benzene rings is 1. The van der Waals surface area contributed by atoms with E-state index in [1.54, 1.807) is 41.5 Å². The van der Waals surface area contributed by atoms with Gasteiger partial charge in [-0.3, -0.25) is 9.36 Å². The molecule has 0 spiro atoms. The minimum absolute atomic E-state index is 0.155.